The van der Waals surface area contributed by atoms with E-state index in [-0.39, 0.29) is 17.9 Å². The molecule has 5 rings (SSSR count). The molecule has 7 heteroatoms. The molecule has 1 saturated carbocycles. The van der Waals surface area contributed by atoms with Crippen LogP contribution in [0.3, 0.4) is 0 Å². The van der Waals surface area contributed by atoms with Crippen molar-refractivity contribution in [2.45, 2.75) is 57.2 Å². The van der Waals surface area contributed by atoms with Crippen LogP contribution in [-0.2, 0) is 17.8 Å². The number of benzene rings is 2. The number of halogens is 1. The third-order valence-electron chi connectivity index (χ3n) is 6.87. The minimum Gasteiger partial charge on any atom is -0.351 e. The van der Waals surface area contributed by atoms with Gasteiger partial charge in [-0.15, -0.1) is 0 Å². The molecule has 3 aromatic rings. The summed E-state index contributed by atoms with van der Waals surface area (Å²) in [5.41, 5.74) is 1.73. The van der Waals surface area contributed by atoms with E-state index in [0.717, 1.165) is 42.3 Å². The average molecular weight is 451 g/mol. The van der Waals surface area contributed by atoms with E-state index >= 15 is 0 Å². The van der Waals surface area contributed by atoms with Crippen molar-refractivity contribution < 1.29 is 9.59 Å². The van der Waals surface area contributed by atoms with Gasteiger partial charge in [-0.05, 0) is 56.0 Å². The van der Waals surface area contributed by atoms with Crippen LogP contribution in [0.15, 0.2) is 48.5 Å². The molecule has 2 heterocycles. The standard InChI is InChI=1S/C25H27ClN4O2/c1-25(24(32)27-19-6-2-3-7-19)16-29-21-9-5-4-8-20(21)28-22(29)23(31)30(25)15-14-17-10-12-18(26)13-11-17/h4-5,8-13,19H,2-3,6-7,14-16H2,1H3,(H,27,32). The molecule has 2 aromatic carbocycles. The number of carbonyl (C=O) groups is 2. The third-order valence-corrected chi connectivity index (χ3v) is 7.12. The molecule has 1 aliphatic carbocycles. The summed E-state index contributed by atoms with van der Waals surface area (Å²) in [4.78, 5) is 33.6. The largest absolute Gasteiger partial charge is 0.351 e. The Kier molecular flexibility index (Phi) is 5.41. The summed E-state index contributed by atoms with van der Waals surface area (Å²) in [6.07, 6.45) is 4.91. The molecule has 1 N–H and O–H groups in total. The van der Waals surface area contributed by atoms with Gasteiger partial charge < -0.3 is 14.8 Å². The molecule has 0 saturated heterocycles. The predicted octanol–water partition coefficient (Wildman–Crippen LogP) is 4.21. The maximum Gasteiger partial charge on any atom is 0.290 e. The Labute approximate surface area is 192 Å². The Hall–Kier alpha value is -2.86. The van der Waals surface area contributed by atoms with E-state index in [1.807, 2.05) is 60.0 Å². The first kappa shape index (κ1) is 21.0. The predicted molar refractivity (Wildman–Crippen MR) is 125 cm³/mol. The molecular weight excluding hydrogens is 424 g/mol. The summed E-state index contributed by atoms with van der Waals surface area (Å²) in [6, 6.07) is 15.5. The van der Waals surface area contributed by atoms with E-state index in [0.29, 0.717) is 30.4 Å². The second-order valence-electron chi connectivity index (χ2n) is 9.07. The number of nitrogens with one attached hydrogen (secondary N) is 1. The van der Waals surface area contributed by atoms with Crippen LogP contribution in [0.25, 0.3) is 11.0 Å². The molecule has 6 nitrogen and oxygen atoms in total. The van der Waals surface area contributed by atoms with Crippen LogP contribution in [0.4, 0.5) is 0 Å². The van der Waals surface area contributed by atoms with Crippen LogP contribution in [0.1, 0.15) is 48.8 Å². The van der Waals surface area contributed by atoms with Crippen LogP contribution in [0.2, 0.25) is 5.02 Å². The van der Waals surface area contributed by atoms with Crippen molar-refractivity contribution in [1.82, 2.24) is 19.8 Å². The van der Waals surface area contributed by atoms with Crippen molar-refractivity contribution >= 4 is 34.4 Å². The molecule has 166 valence electrons. The van der Waals surface area contributed by atoms with Gasteiger partial charge in [-0.3, -0.25) is 9.59 Å². The summed E-state index contributed by atoms with van der Waals surface area (Å²) in [6.45, 7) is 2.70. The van der Waals surface area contributed by atoms with Gasteiger partial charge in [-0.25, -0.2) is 4.98 Å². The van der Waals surface area contributed by atoms with Crippen LogP contribution < -0.4 is 5.32 Å². The number of hydrogen-bond acceptors (Lipinski definition) is 3. The number of fused-ring (bicyclic) bond motifs is 3. The SMILES string of the molecule is CC1(C(=O)NC2CCCC2)Cn2c(nc3ccccc32)C(=O)N1CCc1ccc(Cl)cc1. The average Bonchev–Trinajstić information content (AvgIpc) is 3.43. The Balaban J connectivity index is 1.50. The first-order valence-electron chi connectivity index (χ1n) is 11.3. The van der Waals surface area contributed by atoms with E-state index < -0.39 is 5.54 Å². The van der Waals surface area contributed by atoms with Crippen molar-refractivity contribution in [3.8, 4) is 0 Å². The molecule has 1 unspecified atom stereocenters. The Morgan fingerprint density at radius 3 is 2.62 bits per heavy atom. The fourth-order valence-corrected chi connectivity index (χ4v) is 5.11. The van der Waals surface area contributed by atoms with Gasteiger partial charge in [0.05, 0.1) is 17.6 Å². The van der Waals surface area contributed by atoms with Gasteiger partial charge in [0.25, 0.3) is 5.91 Å². The second-order valence-corrected chi connectivity index (χ2v) is 9.51. The lowest BCUT2D eigenvalue weighted by molar-refractivity contribution is -0.133. The van der Waals surface area contributed by atoms with Gasteiger partial charge in [0, 0.05) is 17.6 Å². The molecule has 0 radical (unpaired) electrons. The first-order chi connectivity index (χ1) is 15.5. The minimum absolute atomic E-state index is 0.0858. The van der Waals surface area contributed by atoms with Crippen LogP contribution >= 0.6 is 11.6 Å². The van der Waals surface area contributed by atoms with E-state index in [4.69, 9.17) is 11.6 Å². The molecule has 1 fully saturated rings. The summed E-state index contributed by atoms with van der Waals surface area (Å²) < 4.78 is 1.91. The molecule has 1 aliphatic heterocycles. The zero-order valence-corrected chi connectivity index (χ0v) is 18.9. The highest BCUT2D eigenvalue weighted by atomic mass is 35.5. The summed E-state index contributed by atoms with van der Waals surface area (Å²) in [5.74, 6) is 0.108. The highest BCUT2D eigenvalue weighted by Gasteiger charge is 2.48. The van der Waals surface area contributed by atoms with Gasteiger partial charge in [0.2, 0.25) is 5.91 Å². The van der Waals surface area contributed by atoms with E-state index in [2.05, 4.69) is 10.3 Å². The van der Waals surface area contributed by atoms with Crippen molar-refractivity contribution in [3.05, 3.63) is 64.9 Å². The number of hydrogen-bond donors (Lipinski definition) is 1. The lowest BCUT2D eigenvalue weighted by Crippen LogP contribution is -2.65. The quantitative estimate of drug-likeness (QED) is 0.633. The molecule has 32 heavy (non-hydrogen) atoms. The lowest BCUT2D eigenvalue weighted by Gasteiger charge is -2.44. The van der Waals surface area contributed by atoms with E-state index in [1.165, 1.54) is 0 Å². The first-order valence-corrected chi connectivity index (χ1v) is 11.7. The van der Waals surface area contributed by atoms with Crippen LogP contribution in [-0.4, -0.2) is 44.4 Å². The Bertz CT molecular complexity index is 1170. The third kappa shape index (κ3) is 3.66. The Morgan fingerprint density at radius 1 is 1.16 bits per heavy atom. The van der Waals surface area contributed by atoms with Gasteiger partial charge in [0.15, 0.2) is 5.82 Å². The van der Waals surface area contributed by atoms with Crippen molar-refractivity contribution in [2.24, 2.45) is 0 Å². The molecular formula is C25H27ClN4O2. The molecule has 2 aliphatic rings. The molecule has 1 aromatic heterocycles. The summed E-state index contributed by atoms with van der Waals surface area (Å²) in [7, 11) is 0. The van der Waals surface area contributed by atoms with E-state index in [9.17, 15) is 9.59 Å². The second kappa shape index (κ2) is 8.24. The number of aromatic nitrogens is 2. The van der Waals surface area contributed by atoms with E-state index in [1.54, 1.807) is 4.90 Å². The number of para-hydroxylation sites is 2. The topological polar surface area (TPSA) is 67.2 Å². The van der Waals surface area contributed by atoms with Crippen LogP contribution in [0.5, 0.6) is 0 Å². The van der Waals surface area contributed by atoms with Crippen molar-refractivity contribution in [3.63, 3.8) is 0 Å². The molecule has 0 spiro atoms. The molecule has 1 atom stereocenters. The highest BCUT2D eigenvalue weighted by Crippen LogP contribution is 2.31. The highest BCUT2D eigenvalue weighted by molar-refractivity contribution is 6.30. The monoisotopic (exact) mass is 450 g/mol. The summed E-state index contributed by atoms with van der Waals surface area (Å²) in [5, 5.41) is 3.91. The van der Waals surface area contributed by atoms with Crippen LogP contribution in [0, 0.1) is 0 Å². The smallest absolute Gasteiger partial charge is 0.290 e. The summed E-state index contributed by atoms with van der Waals surface area (Å²) >= 11 is 6.02. The fraction of sp³-hybridized carbons (Fsp3) is 0.400. The maximum absolute atomic E-state index is 13.7. The number of carbonyl (C=O) groups excluding carboxylic acids is 2. The minimum atomic E-state index is -0.997. The van der Waals surface area contributed by atoms with Gasteiger partial charge in [-0.1, -0.05) is 48.7 Å². The fourth-order valence-electron chi connectivity index (χ4n) is 4.98. The zero-order valence-electron chi connectivity index (χ0n) is 18.2. The lowest BCUT2D eigenvalue weighted by atomic mass is 9.93. The number of imidazole rings is 1. The van der Waals surface area contributed by atoms with Gasteiger partial charge in [-0.2, -0.15) is 0 Å². The number of amides is 2. The maximum atomic E-state index is 13.7. The normalized spacial score (nSPS) is 21.2. The Morgan fingerprint density at radius 2 is 1.88 bits per heavy atom. The van der Waals surface area contributed by atoms with Crippen molar-refractivity contribution in [1.29, 1.82) is 0 Å². The van der Waals surface area contributed by atoms with Gasteiger partial charge >= 0.3 is 0 Å². The molecule has 0 bridgehead atoms. The van der Waals surface area contributed by atoms with Crippen molar-refractivity contribution in [2.75, 3.05) is 6.54 Å². The number of nitrogens with zero attached hydrogens (tertiary/aromatic N) is 3. The van der Waals surface area contributed by atoms with Gasteiger partial charge in [0.1, 0.15) is 5.54 Å². The zero-order chi connectivity index (χ0) is 22.3. The molecule has 2 amide bonds. The number of rotatable bonds is 5.